The van der Waals surface area contributed by atoms with Gasteiger partial charge in [0.1, 0.15) is 0 Å². The lowest BCUT2D eigenvalue weighted by atomic mass is 9.88. The molecule has 3 aliphatic rings. The number of methoxy groups -OCH3 is 1. The van der Waals surface area contributed by atoms with Crippen molar-refractivity contribution in [1.82, 2.24) is 14.7 Å². The van der Waals surface area contributed by atoms with E-state index in [4.69, 9.17) is 4.74 Å². The zero-order valence-electron chi connectivity index (χ0n) is 16.3. The molecule has 2 aromatic rings. The first kappa shape index (κ1) is 17.6. The van der Waals surface area contributed by atoms with Crippen LogP contribution in [0.25, 0.3) is 10.9 Å². The summed E-state index contributed by atoms with van der Waals surface area (Å²) in [6, 6.07) is 6.62. The maximum absolute atomic E-state index is 13.7. The average Bonchev–Trinajstić information content (AvgIpc) is 3.28. The molecule has 1 fully saturated rings. The highest BCUT2D eigenvalue weighted by atomic mass is 16.5. The largest absolute Gasteiger partial charge is 0.383 e. The van der Waals surface area contributed by atoms with Crippen LogP contribution in [0.1, 0.15) is 42.5 Å². The molecule has 1 aromatic carbocycles. The first-order valence-electron chi connectivity index (χ1n) is 10.2. The van der Waals surface area contributed by atoms with Crippen LogP contribution in [-0.4, -0.2) is 59.1 Å². The molecule has 1 amide bonds. The minimum absolute atomic E-state index is 0.156. The van der Waals surface area contributed by atoms with E-state index >= 15 is 0 Å². The van der Waals surface area contributed by atoms with E-state index in [0.29, 0.717) is 19.2 Å². The third kappa shape index (κ3) is 3.05. The van der Waals surface area contributed by atoms with E-state index in [2.05, 4.69) is 15.0 Å². The molecule has 1 saturated carbocycles. The third-order valence-electron chi connectivity index (χ3n) is 6.21. The van der Waals surface area contributed by atoms with Crippen LogP contribution in [0.15, 0.2) is 40.5 Å². The molecule has 1 aromatic heterocycles. The number of hydrogen-bond donors (Lipinski definition) is 0. The molecule has 28 heavy (non-hydrogen) atoms. The lowest BCUT2D eigenvalue weighted by Gasteiger charge is -2.35. The summed E-state index contributed by atoms with van der Waals surface area (Å²) >= 11 is 0. The van der Waals surface area contributed by atoms with Gasteiger partial charge in [-0.25, -0.2) is 0 Å². The Balaban J connectivity index is 1.45. The monoisotopic (exact) mass is 378 g/mol. The van der Waals surface area contributed by atoms with Crippen molar-refractivity contribution in [2.24, 2.45) is 4.99 Å². The molecule has 5 rings (SSSR count). The Kier molecular flexibility index (Phi) is 4.51. The maximum Gasteiger partial charge on any atom is 0.255 e. The Morgan fingerprint density at radius 2 is 2.18 bits per heavy atom. The normalized spacial score (nSPS) is 21.4. The van der Waals surface area contributed by atoms with Crippen molar-refractivity contribution in [1.29, 1.82) is 0 Å². The van der Waals surface area contributed by atoms with Gasteiger partial charge in [0.25, 0.3) is 5.91 Å². The van der Waals surface area contributed by atoms with E-state index in [1.54, 1.807) is 7.11 Å². The standard InChI is InChI=1S/C22H26N4O2/c1-28-10-9-25-21-4-2-3-19(20(21)14-24-25)22(27)26(17-7-8-17)18-6-5-15-12-23-13-16(15)11-18/h2-4,13-14,17-18H,5-12H2,1H3. The van der Waals surface area contributed by atoms with Gasteiger partial charge in [-0.1, -0.05) is 6.07 Å². The number of carbonyl (C=O) groups excluding carboxylic acids is 1. The number of amides is 1. The number of aromatic nitrogens is 2. The van der Waals surface area contributed by atoms with Gasteiger partial charge < -0.3 is 9.64 Å². The molecular formula is C22H26N4O2. The highest BCUT2D eigenvalue weighted by molar-refractivity contribution is 6.06. The molecule has 0 saturated heterocycles. The van der Waals surface area contributed by atoms with Crippen LogP contribution < -0.4 is 0 Å². The first-order valence-corrected chi connectivity index (χ1v) is 10.2. The van der Waals surface area contributed by atoms with E-state index in [-0.39, 0.29) is 11.9 Å². The molecule has 1 aliphatic heterocycles. The molecule has 2 heterocycles. The lowest BCUT2D eigenvalue weighted by molar-refractivity contribution is 0.0647. The Bertz CT molecular complexity index is 970. The Morgan fingerprint density at radius 1 is 1.29 bits per heavy atom. The van der Waals surface area contributed by atoms with E-state index < -0.39 is 0 Å². The van der Waals surface area contributed by atoms with Crippen LogP contribution in [0.5, 0.6) is 0 Å². The molecule has 1 unspecified atom stereocenters. The highest BCUT2D eigenvalue weighted by Gasteiger charge is 2.40. The smallest absolute Gasteiger partial charge is 0.255 e. The molecule has 0 spiro atoms. The number of aliphatic imine (C=N–C) groups is 1. The highest BCUT2D eigenvalue weighted by Crippen LogP contribution is 2.38. The summed E-state index contributed by atoms with van der Waals surface area (Å²) in [6.07, 6.45) is 9.15. The van der Waals surface area contributed by atoms with Crippen molar-refractivity contribution in [3.8, 4) is 0 Å². The van der Waals surface area contributed by atoms with Crippen molar-refractivity contribution < 1.29 is 9.53 Å². The molecule has 1 atom stereocenters. The van der Waals surface area contributed by atoms with Gasteiger partial charge in [0.05, 0.1) is 37.0 Å². The minimum Gasteiger partial charge on any atom is -0.383 e. The van der Waals surface area contributed by atoms with E-state index in [1.807, 2.05) is 35.3 Å². The van der Waals surface area contributed by atoms with Gasteiger partial charge in [0.2, 0.25) is 0 Å². The van der Waals surface area contributed by atoms with Crippen LogP contribution >= 0.6 is 0 Å². The number of rotatable bonds is 6. The van der Waals surface area contributed by atoms with Gasteiger partial charge in [-0.2, -0.15) is 5.10 Å². The van der Waals surface area contributed by atoms with Crippen molar-refractivity contribution >= 4 is 23.0 Å². The Labute approximate surface area is 164 Å². The lowest BCUT2D eigenvalue weighted by Crippen LogP contribution is -2.43. The minimum atomic E-state index is 0.156. The summed E-state index contributed by atoms with van der Waals surface area (Å²) in [5, 5.41) is 5.43. The van der Waals surface area contributed by atoms with Gasteiger partial charge >= 0.3 is 0 Å². The molecule has 6 heteroatoms. The predicted molar refractivity (Wildman–Crippen MR) is 109 cm³/mol. The summed E-state index contributed by atoms with van der Waals surface area (Å²) in [7, 11) is 1.69. The van der Waals surface area contributed by atoms with Crippen LogP contribution in [0.4, 0.5) is 0 Å². The molecule has 0 N–H and O–H groups in total. The van der Waals surface area contributed by atoms with Crippen molar-refractivity contribution in [3.63, 3.8) is 0 Å². The van der Waals surface area contributed by atoms with E-state index in [1.165, 1.54) is 11.1 Å². The predicted octanol–water partition coefficient (Wildman–Crippen LogP) is 3.22. The van der Waals surface area contributed by atoms with E-state index in [0.717, 1.165) is 55.1 Å². The molecule has 0 bridgehead atoms. The van der Waals surface area contributed by atoms with Crippen LogP contribution in [0.2, 0.25) is 0 Å². The Hall–Kier alpha value is -2.47. The van der Waals surface area contributed by atoms with Gasteiger partial charge in [-0.05, 0) is 55.4 Å². The van der Waals surface area contributed by atoms with Crippen LogP contribution in [0.3, 0.4) is 0 Å². The molecule has 146 valence electrons. The number of ether oxygens (including phenoxy) is 1. The SMILES string of the molecule is COCCn1ncc2c(C(=O)N(C3CC3)C3CCC4=C(C=NC4)C3)cccc21. The number of carbonyl (C=O) groups is 1. The fourth-order valence-electron chi connectivity index (χ4n) is 4.60. The van der Waals surface area contributed by atoms with Crippen LogP contribution in [-0.2, 0) is 11.3 Å². The summed E-state index contributed by atoms with van der Waals surface area (Å²) in [5.41, 5.74) is 4.60. The molecule has 6 nitrogen and oxygen atoms in total. The summed E-state index contributed by atoms with van der Waals surface area (Å²) in [4.78, 5) is 20.3. The fourth-order valence-corrected chi connectivity index (χ4v) is 4.60. The fraction of sp³-hybridized carbons (Fsp3) is 0.500. The van der Waals surface area contributed by atoms with Crippen molar-refractivity contribution in [2.45, 2.75) is 50.7 Å². The quantitative estimate of drug-likeness (QED) is 0.775. The van der Waals surface area contributed by atoms with Gasteiger partial charge in [-0.3, -0.25) is 14.5 Å². The Morgan fingerprint density at radius 3 is 3.00 bits per heavy atom. The average molecular weight is 378 g/mol. The van der Waals surface area contributed by atoms with E-state index in [9.17, 15) is 4.79 Å². The molecular weight excluding hydrogens is 352 g/mol. The van der Waals surface area contributed by atoms with Gasteiger partial charge in [0.15, 0.2) is 0 Å². The van der Waals surface area contributed by atoms with Crippen LogP contribution in [0, 0.1) is 0 Å². The molecule has 2 aliphatic carbocycles. The number of hydrogen-bond acceptors (Lipinski definition) is 4. The number of benzene rings is 1. The second-order valence-electron chi connectivity index (χ2n) is 8.04. The van der Waals surface area contributed by atoms with Gasteiger partial charge in [-0.15, -0.1) is 0 Å². The number of fused-ring (bicyclic) bond motifs is 1. The second-order valence-corrected chi connectivity index (χ2v) is 8.04. The second kappa shape index (κ2) is 7.17. The summed E-state index contributed by atoms with van der Waals surface area (Å²) in [6.45, 7) is 2.15. The van der Waals surface area contributed by atoms with Crippen molar-refractivity contribution in [3.05, 3.63) is 41.1 Å². The third-order valence-corrected chi connectivity index (χ3v) is 6.21. The summed E-state index contributed by atoms with van der Waals surface area (Å²) < 4.78 is 7.10. The zero-order valence-corrected chi connectivity index (χ0v) is 16.3. The van der Waals surface area contributed by atoms with Crippen molar-refractivity contribution in [2.75, 3.05) is 20.3 Å². The summed E-state index contributed by atoms with van der Waals surface area (Å²) in [5.74, 6) is 0.156. The van der Waals surface area contributed by atoms with Gasteiger partial charge in [0, 0.05) is 30.8 Å². The number of nitrogens with zero attached hydrogens (tertiary/aromatic N) is 4. The topological polar surface area (TPSA) is 59.7 Å². The molecule has 0 radical (unpaired) electrons. The maximum atomic E-state index is 13.7. The first-order chi connectivity index (χ1) is 13.8. The zero-order chi connectivity index (χ0) is 19.1.